The van der Waals surface area contributed by atoms with Gasteiger partial charge < -0.3 is 0 Å². The van der Waals surface area contributed by atoms with Crippen LogP contribution < -0.4 is 11.3 Å². The number of rotatable bonds is 3. The van der Waals surface area contributed by atoms with E-state index in [1.54, 1.807) is 4.68 Å². The Hall–Kier alpha value is -1.72. The minimum atomic E-state index is 0.0300. The van der Waals surface area contributed by atoms with Gasteiger partial charge in [-0.25, -0.2) is 0 Å². The fourth-order valence-corrected chi connectivity index (χ4v) is 2.77. The third kappa shape index (κ3) is 1.81. The number of hydrogen-bond acceptors (Lipinski definition) is 4. The van der Waals surface area contributed by atoms with Crippen molar-refractivity contribution in [3.63, 3.8) is 0 Å². The van der Waals surface area contributed by atoms with Crippen LogP contribution in [0.4, 0.5) is 0 Å². The Kier molecular flexibility index (Phi) is 2.85. The molecule has 0 saturated heterocycles. The summed E-state index contributed by atoms with van der Waals surface area (Å²) in [5.41, 5.74) is 6.36. The van der Waals surface area contributed by atoms with Gasteiger partial charge in [-0.15, -0.1) is 0 Å². The predicted molar refractivity (Wildman–Crippen MR) is 68.6 cm³/mol. The first-order valence-corrected chi connectivity index (χ1v) is 6.19. The first-order chi connectivity index (χ1) is 8.79. The smallest absolute Gasteiger partial charge is 0.0814 e. The van der Waals surface area contributed by atoms with Gasteiger partial charge in [-0.3, -0.25) is 20.9 Å². The summed E-state index contributed by atoms with van der Waals surface area (Å²) < 4.78 is 1.80. The molecule has 1 aliphatic carbocycles. The molecule has 0 fully saturated rings. The molecule has 1 aliphatic rings. The van der Waals surface area contributed by atoms with Crippen molar-refractivity contribution < 1.29 is 0 Å². The Morgan fingerprint density at radius 2 is 2.39 bits per heavy atom. The highest BCUT2D eigenvalue weighted by molar-refractivity contribution is 5.31. The van der Waals surface area contributed by atoms with Gasteiger partial charge in [0.1, 0.15) is 0 Å². The van der Waals surface area contributed by atoms with Gasteiger partial charge in [0.05, 0.1) is 11.7 Å². The lowest BCUT2D eigenvalue weighted by Gasteiger charge is -2.21. The van der Waals surface area contributed by atoms with Gasteiger partial charge in [-0.2, -0.15) is 5.10 Å². The number of nitrogens with one attached hydrogen (secondary N) is 1. The quantitative estimate of drug-likeness (QED) is 0.624. The van der Waals surface area contributed by atoms with Crippen LogP contribution in [0.5, 0.6) is 0 Å². The summed E-state index contributed by atoms with van der Waals surface area (Å²) in [6.07, 6.45) is 5.92. The molecule has 2 atom stereocenters. The van der Waals surface area contributed by atoms with Crippen LogP contribution in [0.3, 0.4) is 0 Å². The van der Waals surface area contributed by atoms with E-state index in [0.717, 1.165) is 24.2 Å². The maximum Gasteiger partial charge on any atom is 0.0814 e. The molecule has 0 saturated carbocycles. The molecule has 94 valence electrons. The van der Waals surface area contributed by atoms with Crippen molar-refractivity contribution in [1.29, 1.82) is 0 Å². The number of aryl methyl sites for hydroxylation is 2. The zero-order valence-electron chi connectivity index (χ0n) is 10.4. The maximum absolute atomic E-state index is 5.72. The molecule has 0 radical (unpaired) electrons. The lowest BCUT2D eigenvalue weighted by Crippen LogP contribution is -2.32. The summed E-state index contributed by atoms with van der Waals surface area (Å²) >= 11 is 0. The molecule has 0 amide bonds. The van der Waals surface area contributed by atoms with Crippen molar-refractivity contribution >= 4 is 0 Å². The number of fused-ring (bicyclic) bond motifs is 1. The van der Waals surface area contributed by atoms with Crippen LogP contribution in [0.25, 0.3) is 0 Å². The van der Waals surface area contributed by atoms with Crippen molar-refractivity contribution in [1.82, 2.24) is 20.2 Å². The van der Waals surface area contributed by atoms with Crippen molar-refractivity contribution in [2.24, 2.45) is 12.9 Å². The topological polar surface area (TPSA) is 68.8 Å². The van der Waals surface area contributed by atoms with E-state index in [2.05, 4.69) is 21.6 Å². The van der Waals surface area contributed by atoms with E-state index in [-0.39, 0.29) is 6.04 Å². The Morgan fingerprint density at radius 1 is 1.50 bits per heavy atom. The van der Waals surface area contributed by atoms with Gasteiger partial charge in [0.2, 0.25) is 0 Å². The van der Waals surface area contributed by atoms with E-state index in [1.165, 1.54) is 5.56 Å². The number of nitrogens with zero attached hydrogens (tertiary/aromatic N) is 3. The molecule has 2 heterocycles. The molecule has 0 spiro atoms. The fourth-order valence-electron chi connectivity index (χ4n) is 2.77. The molecule has 0 aromatic carbocycles. The van der Waals surface area contributed by atoms with Gasteiger partial charge >= 0.3 is 0 Å². The molecule has 3 rings (SSSR count). The lowest BCUT2D eigenvalue weighted by molar-refractivity contribution is 0.434. The predicted octanol–water partition coefficient (Wildman–Crippen LogP) is 1.05. The monoisotopic (exact) mass is 243 g/mol. The second-order valence-electron chi connectivity index (χ2n) is 4.75. The molecule has 18 heavy (non-hydrogen) atoms. The second kappa shape index (κ2) is 4.51. The number of hydrazine groups is 1. The van der Waals surface area contributed by atoms with Gasteiger partial charge in [-0.1, -0.05) is 6.07 Å². The van der Waals surface area contributed by atoms with E-state index in [4.69, 9.17) is 5.84 Å². The van der Waals surface area contributed by atoms with Gasteiger partial charge in [0.25, 0.3) is 0 Å². The number of pyridine rings is 1. The zero-order valence-corrected chi connectivity index (χ0v) is 10.4. The summed E-state index contributed by atoms with van der Waals surface area (Å²) in [5.74, 6) is 6.03. The normalized spacial score (nSPS) is 19.8. The van der Waals surface area contributed by atoms with Gasteiger partial charge in [0.15, 0.2) is 0 Å². The van der Waals surface area contributed by atoms with Crippen molar-refractivity contribution in [2.45, 2.75) is 24.8 Å². The standard InChI is InChI=1S/C13H17N5/c1-18-8-6-11(17-18)13(16-14)10-5-4-9-3-2-7-15-12(9)10/h2-3,6-8,10,13,16H,4-5,14H2,1H3. The first kappa shape index (κ1) is 11.4. The van der Waals surface area contributed by atoms with Crippen molar-refractivity contribution in [3.8, 4) is 0 Å². The molecule has 2 unspecified atom stereocenters. The summed E-state index contributed by atoms with van der Waals surface area (Å²) in [4.78, 5) is 4.51. The average molecular weight is 243 g/mol. The van der Waals surface area contributed by atoms with Crippen LogP contribution in [-0.4, -0.2) is 14.8 Å². The van der Waals surface area contributed by atoms with Crippen LogP contribution in [-0.2, 0) is 13.5 Å². The largest absolute Gasteiger partial charge is 0.275 e. The lowest BCUT2D eigenvalue weighted by atomic mass is 9.95. The summed E-state index contributed by atoms with van der Waals surface area (Å²) in [7, 11) is 1.91. The second-order valence-corrected chi connectivity index (χ2v) is 4.75. The molecule has 5 nitrogen and oxygen atoms in total. The van der Waals surface area contributed by atoms with Crippen LogP contribution in [0.15, 0.2) is 30.6 Å². The van der Waals surface area contributed by atoms with E-state index >= 15 is 0 Å². The molecular weight excluding hydrogens is 226 g/mol. The van der Waals surface area contributed by atoms with Crippen LogP contribution >= 0.6 is 0 Å². The van der Waals surface area contributed by atoms with E-state index in [9.17, 15) is 0 Å². The SMILES string of the molecule is Cn1ccc(C(NN)C2CCc3cccnc32)n1. The average Bonchev–Trinajstić information content (AvgIpc) is 2.98. The van der Waals surface area contributed by atoms with Crippen molar-refractivity contribution in [2.75, 3.05) is 0 Å². The fraction of sp³-hybridized carbons (Fsp3) is 0.385. The summed E-state index contributed by atoms with van der Waals surface area (Å²) in [6, 6.07) is 6.18. The molecule has 3 N–H and O–H groups in total. The molecule has 2 aromatic heterocycles. The Morgan fingerprint density at radius 3 is 3.11 bits per heavy atom. The summed E-state index contributed by atoms with van der Waals surface area (Å²) in [6.45, 7) is 0. The van der Waals surface area contributed by atoms with E-state index in [1.807, 2.05) is 31.6 Å². The number of nitrogens with two attached hydrogens (primary N) is 1. The summed E-state index contributed by atoms with van der Waals surface area (Å²) in [5, 5.41) is 4.45. The molecule has 0 bridgehead atoms. The van der Waals surface area contributed by atoms with Gasteiger partial charge in [-0.05, 0) is 30.5 Å². The highest BCUT2D eigenvalue weighted by atomic mass is 15.3. The van der Waals surface area contributed by atoms with Crippen LogP contribution in [0, 0.1) is 0 Å². The Bertz CT molecular complexity index is 548. The molecule has 2 aromatic rings. The number of hydrogen-bond donors (Lipinski definition) is 2. The van der Waals surface area contributed by atoms with Crippen molar-refractivity contribution in [3.05, 3.63) is 47.5 Å². The highest BCUT2D eigenvalue weighted by Crippen LogP contribution is 2.39. The van der Waals surface area contributed by atoms with E-state index < -0.39 is 0 Å². The molecule has 5 heteroatoms. The third-order valence-corrected chi connectivity index (χ3v) is 3.64. The molecular formula is C13H17N5. The van der Waals surface area contributed by atoms with Crippen LogP contribution in [0.1, 0.15) is 35.3 Å². The third-order valence-electron chi connectivity index (χ3n) is 3.64. The van der Waals surface area contributed by atoms with Gasteiger partial charge in [0, 0.05) is 31.1 Å². The Balaban J connectivity index is 1.95. The number of aromatic nitrogens is 3. The minimum absolute atomic E-state index is 0.0300. The first-order valence-electron chi connectivity index (χ1n) is 6.19. The molecule has 0 aliphatic heterocycles. The highest BCUT2D eigenvalue weighted by Gasteiger charge is 2.32. The van der Waals surface area contributed by atoms with E-state index in [0.29, 0.717) is 5.92 Å². The zero-order chi connectivity index (χ0) is 12.5. The maximum atomic E-state index is 5.72. The van der Waals surface area contributed by atoms with Crippen LogP contribution in [0.2, 0.25) is 0 Å². The minimum Gasteiger partial charge on any atom is -0.275 e. The Labute approximate surface area is 106 Å².